The minimum atomic E-state index is -0.141. The van der Waals surface area contributed by atoms with Gasteiger partial charge in [-0.2, -0.15) is 0 Å². The van der Waals surface area contributed by atoms with E-state index in [0.717, 1.165) is 27.7 Å². The number of hydrogen-bond donors (Lipinski definition) is 2. The zero-order valence-electron chi connectivity index (χ0n) is 16.8. The van der Waals surface area contributed by atoms with Crippen molar-refractivity contribution < 1.29 is 4.79 Å². The molecule has 5 nitrogen and oxygen atoms in total. The van der Waals surface area contributed by atoms with E-state index in [1.54, 1.807) is 0 Å². The second-order valence-corrected chi connectivity index (χ2v) is 7.98. The minimum Gasteiger partial charge on any atom is -0.348 e. The maximum absolute atomic E-state index is 13.0. The predicted octanol–water partition coefficient (Wildman–Crippen LogP) is 4.30. The van der Waals surface area contributed by atoms with Crippen molar-refractivity contribution in [3.05, 3.63) is 68.8 Å². The van der Waals surface area contributed by atoms with Gasteiger partial charge in [0.25, 0.3) is 11.5 Å². The number of aromatic amines is 1. The fourth-order valence-electron chi connectivity index (χ4n) is 4.55. The van der Waals surface area contributed by atoms with Gasteiger partial charge in [-0.05, 0) is 62.9 Å². The highest BCUT2D eigenvalue weighted by Gasteiger charge is 2.22. The first-order valence-electron chi connectivity index (χ1n) is 10.0. The van der Waals surface area contributed by atoms with Crippen LogP contribution in [0.1, 0.15) is 64.5 Å². The number of carbonyl (C=O) groups excluding carboxylic acids is 1. The Labute approximate surface area is 164 Å². The van der Waals surface area contributed by atoms with Crippen molar-refractivity contribution in [2.75, 3.05) is 0 Å². The number of nitrogens with one attached hydrogen (secondary N) is 2. The van der Waals surface area contributed by atoms with Crippen molar-refractivity contribution in [2.45, 2.75) is 59.0 Å². The second kappa shape index (κ2) is 7.30. The third-order valence-electron chi connectivity index (χ3n) is 5.93. The SMILES string of the molecule is Cc1cc(C)c(CNC(=O)c2cccc3c2c(C)cn3C2CCCC2)c(=O)[nH]1. The first-order valence-corrected chi connectivity index (χ1v) is 10.0. The average Bonchev–Trinajstić information content (AvgIpc) is 3.28. The summed E-state index contributed by atoms with van der Waals surface area (Å²) in [6.07, 6.45) is 7.14. The Morgan fingerprint density at radius 3 is 2.64 bits per heavy atom. The van der Waals surface area contributed by atoms with E-state index in [4.69, 9.17) is 0 Å². The minimum absolute atomic E-state index is 0.139. The Balaban J connectivity index is 1.64. The van der Waals surface area contributed by atoms with Gasteiger partial charge < -0.3 is 14.9 Å². The van der Waals surface area contributed by atoms with Gasteiger partial charge in [0.05, 0.1) is 0 Å². The molecule has 4 rings (SSSR count). The van der Waals surface area contributed by atoms with E-state index in [-0.39, 0.29) is 18.0 Å². The number of hydrogen-bond acceptors (Lipinski definition) is 2. The number of amides is 1. The van der Waals surface area contributed by atoms with Gasteiger partial charge in [-0.15, -0.1) is 0 Å². The van der Waals surface area contributed by atoms with E-state index in [2.05, 4.69) is 34.1 Å². The van der Waals surface area contributed by atoms with Crippen LogP contribution in [0.2, 0.25) is 0 Å². The van der Waals surface area contributed by atoms with Crippen LogP contribution < -0.4 is 10.9 Å². The highest BCUT2D eigenvalue weighted by Crippen LogP contribution is 2.35. The molecule has 1 amide bonds. The second-order valence-electron chi connectivity index (χ2n) is 7.98. The monoisotopic (exact) mass is 377 g/mol. The van der Waals surface area contributed by atoms with Gasteiger partial charge in [-0.1, -0.05) is 18.9 Å². The van der Waals surface area contributed by atoms with Crippen LogP contribution in [0.3, 0.4) is 0 Å². The quantitative estimate of drug-likeness (QED) is 0.712. The smallest absolute Gasteiger partial charge is 0.253 e. The molecule has 0 bridgehead atoms. The zero-order chi connectivity index (χ0) is 19.8. The molecule has 1 aromatic carbocycles. The lowest BCUT2D eigenvalue weighted by molar-refractivity contribution is 0.0952. The summed E-state index contributed by atoms with van der Waals surface area (Å²) in [6.45, 7) is 6.05. The summed E-state index contributed by atoms with van der Waals surface area (Å²) in [4.78, 5) is 28.0. The van der Waals surface area contributed by atoms with Crippen LogP contribution in [-0.2, 0) is 6.54 Å². The van der Waals surface area contributed by atoms with Crippen LogP contribution in [0.25, 0.3) is 10.9 Å². The van der Waals surface area contributed by atoms with E-state index in [1.165, 1.54) is 25.7 Å². The van der Waals surface area contributed by atoms with Crippen LogP contribution >= 0.6 is 0 Å². The van der Waals surface area contributed by atoms with E-state index in [1.807, 2.05) is 32.0 Å². The first-order chi connectivity index (χ1) is 13.5. The van der Waals surface area contributed by atoms with Crippen molar-refractivity contribution in [3.8, 4) is 0 Å². The highest BCUT2D eigenvalue weighted by atomic mass is 16.1. The molecular formula is C23H27N3O2. The number of aryl methyl sites for hydroxylation is 3. The molecular weight excluding hydrogens is 350 g/mol. The van der Waals surface area contributed by atoms with E-state index in [9.17, 15) is 9.59 Å². The third-order valence-corrected chi connectivity index (χ3v) is 5.93. The number of nitrogens with zero attached hydrogens (tertiary/aromatic N) is 1. The van der Waals surface area contributed by atoms with Crippen molar-refractivity contribution in [1.29, 1.82) is 0 Å². The summed E-state index contributed by atoms with van der Waals surface area (Å²) in [6, 6.07) is 8.38. The van der Waals surface area contributed by atoms with Gasteiger partial charge in [-0.3, -0.25) is 9.59 Å². The number of benzene rings is 1. The summed E-state index contributed by atoms with van der Waals surface area (Å²) in [5.74, 6) is -0.141. The topological polar surface area (TPSA) is 66.9 Å². The number of fused-ring (bicyclic) bond motifs is 1. The average molecular weight is 377 g/mol. The Morgan fingerprint density at radius 1 is 1.18 bits per heavy atom. The van der Waals surface area contributed by atoms with Gasteiger partial charge in [0.2, 0.25) is 0 Å². The highest BCUT2D eigenvalue weighted by molar-refractivity contribution is 6.07. The molecule has 3 aromatic rings. The van der Waals surface area contributed by atoms with E-state index >= 15 is 0 Å². The number of H-pyrrole nitrogens is 1. The molecule has 28 heavy (non-hydrogen) atoms. The standard InChI is InChI=1S/C23H27N3O2/c1-14-11-16(3)25-23(28)19(14)12-24-22(27)18-9-6-10-20-21(18)15(2)13-26(20)17-7-4-5-8-17/h6,9-11,13,17H,4-5,7-8,12H2,1-3H3,(H,24,27)(H,25,28). The fourth-order valence-corrected chi connectivity index (χ4v) is 4.55. The van der Waals surface area contributed by atoms with Crippen molar-refractivity contribution >= 4 is 16.8 Å². The zero-order valence-corrected chi connectivity index (χ0v) is 16.8. The Bertz CT molecular complexity index is 1100. The lowest BCUT2D eigenvalue weighted by atomic mass is 10.1. The van der Waals surface area contributed by atoms with Gasteiger partial charge in [0.15, 0.2) is 0 Å². The fraction of sp³-hybridized carbons (Fsp3) is 0.391. The largest absolute Gasteiger partial charge is 0.348 e. The molecule has 0 radical (unpaired) electrons. The van der Waals surface area contributed by atoms with Crippen molar-refractivity contribution in [3.63, 3.8) is 0 Å². The Morgan fingerprint density at radius 2 is 1.93 bits per heavy atom. The third kappa shape index (κ3) is 3.26. The molecule has 1 aliphatic carbocycles. The van der Waals surface area contributed by atoms with Crippen LogP contribution in [0.5, 0.6) is 0 Å². The Kier molecular flexibility index (Phi) is 4.84. The molecule has 2 aromatic heterocycles. The summed E-state index contributed by atoms with van der Waals surface area (Å²) in [7, 11) is 0. The maximum Gasteiger partial charge on any atom is 0.253 e. The molecule has 2 N–H and O–H groups in total. The number of aromatic nitrogens is 2. The summed E-state index contributed by atoms with van der Waals surface area (Å²) in [5, 5.41) is 3.96. The first kappa shape index (κ1) is 18.5. The summed E-state index contributed by atoms with van der Waals surface area (Å²) >= 11 is 0. The van der Waals surface area contributed by atoms with Gasteiger partial charge in [0, 0.05) is 46.5 Å². The molecule has 1 aliphatic rings. The van der Waals surface area contributed by atoms with Crippen LogP contribution in [0.15, 0.2) is 35.3 Å². The van der Waals surface area contributed by atoms with Crippen molar-refractivity contribution in [2.24, 2.45) is 0 Å². The molecule has 0 aliphatic heterocycles. The molecule has 1 saturated carbocycles. The molecule has 2 heterocycles. The summed E-state index contributed by atoms with van der Waals surface area (Å²) < 4.78 is 2.35. The number of carbonyl (C=O) groups is 1. The van der Waals surface area contributed by atoms with Crippen molar-refractivity contribution in [1.82, 2.24) is 14.9 Å². The lowest BCUT2D eigenvalue weighted by Gasteiger charge is -2.14. The molecule has 146 valence electrons. The maximum atomic E-state index is 13.0. The molecule has 0 saturated heterocycles. The molecule has 0 unspecified atom stereocenters. The van der Waals surface area contributed by atoms with E-state index < -0.39 is 0 Å². The number of rotatable bonds is 4. The normalized spacial score (nSPS) is 14.7. The molecule has 0 atom stereocenters. The lowest BCUT2D eigenvalue weighted by Crippen LogP contribution is -2.28. The van der Waals surface area contributed by atoms with Gasteiger partial charge in [-0.25, -0.2) is 0 Å². The van der Waals surface area contributed by atoms with Gasteiger partial charge >= 0.3 is 0 Å². The Hall–Kier alpha value is -2.82. The summed E-state index contributed by atoms with van der Waals surface area (Å²) in [5.41, 5.74) is 5.10. The van der Waals surface area contributed by atoms with Gasteiger partial charge in [0.1, 0.15) is 0 Å². The van der Waals surface area contributed by atoms with Crippen LogP contribution in [-0.4, -0.2) is 15.5 Å². The van der Waals surface area contributed by atoms with E-state index in [0.29, 0.717) is 17.2 Å². The molecule has 5 heteroatoms. The molecule has 1 fully saturated rings. The van der Waals surface area contributed by atoms with Crippen LogP contribution in [0, 0.1) is 20.8 Å². The molecule has 0 spiro atoms. The van der Waals surface area contributed by atoms with Crippen LogP contribution in [0.4, 0.5) is 0 Å². The number of pyridine rings is 1. The predicted molar refractivity (Wildman–Crippen MR) is 112 cm³/mol.